The molecule has 1 aromatic carbocycles. The fourth-order valence-corrected chi connectivity index (χ4v) is 1.81. The zero-order valence-corrected chi connectivity index (χ0v) is 12.2. The molecule has 0 aliphatic carbocycles. The molecule has 0 saturated heterocycles. The van der Waals surface area contributed by atoms with Crippen molar-refractivity contribution in [2.75, 3.05) is 11.9 Å². The number of hydrogen-bond donors (Lipinski definition) is 2. The van der Waals surface area contributed by atoms with Crippen LogP contribution in [0.5, 0.6) is 0 Å². The highest BCUT2D eigenvalue weighted by atomic mass is 79.9. The number of rotatable bonds is 4. The summed E-state index contributed by atoms with van der Waals surface area (Å²) in [7, 11) is 0. The molecular weight excluding hydrogens is 304 g/mol. The molecular formula is C12H16BrClN2O. The average Bonchev–Trinajstić information content (AvgIpc) is 2.33. The normalized spacial score (nSPS) is 14.2. The molecule has 0 radical (unpaired) electrons. The van der Waals surface area contributed by atoms with E-state index < -0.39 is 5.41 Å². The van der Waals surface area contributed by atoms with Gasteiger partial charge in [0.25, 0.3) is 0 Å². The Kier molecular flexibility index (Phi) is 4.98. The van der Waals surface area contributed by atoms with Crippen molar-refractivity contribution in [3.8, 4) is 0 Å². The summed E-state index contributed by atoms with van der Waals surface area (Å²) in [6.07, 6.45) is 0.688. The van der Waals surface area contributed by atoms with E-state index in [1.165, 1.54) is 0 Å². The molecule has 0 aliphatic heterocycles. The third kappa shape index (κ3) is 3.21. The van der Waals surface area contributed by atoms with Gasteiger partial charge in [-0.2, -0.15) is 0 Å². The molecule has 17 heavy (non-hydrogen) atoms. The van der Waals surface area contributed by atoms with Crippen molar-refractivity contribution < 1.29 is 4.79 Å². The minimum absolute atomic E-state index is 0.0922. The van der Waals surface area contributed by atoms with Crippen LogP contribution in [0.15, 0.2) is 22.7 Å². The van der Waals surface area contributed by atoms with Crippen LogP contribution in [0.4, 0.5) is 5.69 Å². The fourth-order valence-electron chi connectivity index (χ4n) is 1.27. The second kappa shape index (κ2) is 5.85. The Morgan fingerprint density at radius 2 is 2.24 bits per heavy atom. The zero-order chi connectivity index (χ0) is 13.1. The van der Waals surface area contributed by atoms with Crippen LogP contribution in [0.3, 0.4) is 0 Å². The van der Waals surface area contributed by atoms with Crippen molar-refractivity contribution in [1.29, 1.82) is 0 Å². The maximum Gasteiger partial charge on any atom is 0.231 e. The molecule has 0 spiro atoms. The van der Waals surface area contributed by atoms with Crippen LogP contribution < -0.4 is 11.1 Å². The summed E-state index contributed by atoms with van der Waals surface area (Å²) in [5.74, 6) is -0.0922. The van der Waals surface area contributed by atoms with Gasteiger partial charge in [0.05, 0.1) is 20.6 Å². The fraction of sp³-hybridized carbons (Fsp3) is 0.417. The summed E-state index contributed by atoms with van der Waals surface area (Å²) in [4.78, 5) is 12.1. The first kappa shape index (κ1) is 14.5. The monoisotopic (exact) mass is 318 g/mol. The molecule has 0 heterocycles. The first-order valence-electron chi connectivity index (χ1n) is 5.40. The molecule has 3 nitrogen and oxygen atoms in total. The van der Waals surface area contributed by atoms with Crippen LogP contribution in [-0.2, 0) is 4.79 Å². The number of hydrogen-bond acceptors (Lipinski definition) is 2. The van der Waals surface area contributed by atoms with Crippen molar-refractivity contribution in [3.63, 3.8) is 0 Å². The third-order valence-electron chi connectivity index (χ3n) is 2.98. The van der Waals surface area contributed by atoms with Crippen molar-refractivity contribution in [2.45, 2.75) is 20.3 Å². The second-order valence-electron chi connectivity index (χ2n) is 4.17. The van der Waals surface area contributed by atoms with Gasteiger partial charge in [-0.05, 0) is 41.4 Å². The highest BCUT2D eigenvalue weighted by Gasteiger charge is 2.30. The van der Waals surface area contributed by atoms with Gasteiger partial charge >= 0.3 is 0 Å². The number of nitrogens with one attached hydrogen (secondary N) is 1. The van der Waals surface area contributed by atoms with Crippen LogP contribution >= 0.6 is 27.5 Å². The Hall–Kier alpha value is -0.580. The second-order valence-corrected chi connectivity index (χ2v) is 5.37. The number of anilines is 1. The number of carbonyl (C=O) groups excluding carboxylic acids is 1. The summed E-state index contributed by atoms with van der Waals surface area (Å²) < 4.78 is 0.686. The lowest BCUT2D eigenvalue weighted by Crippen LogP contribution is -2.39. The topological polar surface area (TPSA) is 55.1 Å². The molecule has 1 aromatic rings. The molecule has 1 atom stereocenters. The molecule has 1 rings (SSSR count). The molecule has 5 heteroatoms. The van der Waals surface area contributed by atoms with Gasteiger partial charge in [-0.1, -0.05) is 24.6 Å². The molecule has 1 unspecified atom stereocenters. The highest BCUT2D eigenvalue weighted by Crippen LogP contribution is 2.31. The zero-order valence-electron chi connectivity index (χ0n) is 9.89. The summed E-state index contributed by atoms with van der Waals surface area (Å²) >= 11 is 9.30. The third-order valence-corrected chi connectivity index (χ3v) is 4.38. The van der Waals surface area contributed by atoms with Gasteiger partial charge in [-0.3, -0.25) is 4.79 Å². The molecule has 0 saturated carbocycles. The van der Waals surface area contributed by atoms with E-state index in [0.29, 0.717) is 28.1 Å². The van der Waals surface area contributed by atoms with Crippen LogP contribution in [0.25, 0.3) is 0 Å². The number of benzene rings is 1. The Balaban J connectivity index is 2.92. The average molecular weight is 320 g/mol. The molecule has 0 aromatic heterocycles. The molecule has 0 bridgehead atoms. The van der Waals surface area contributed by atoms with Gasteiger partial charge in [0.2, 0.25) is 5.91 Å². The number of halogens is 2. The summed E-state index contributed by atoms with van der Waals surface area (Å²) in [6.45, 7) is 4.10. The standard InChI is InChI=1S/C12H16BrClN2O/c1-3-12(2,7-15)11(17)16-9-6-4-5-8(14)10(9)13/h4-6H,3,7,15H2,1-2H3,(H,16,17). The molecule has 94 valence electrons. The van der Waals surface area contributed by atoms with E-state index >= 15 is 0 Å². The van der Waals surface area contributed by atoms with E-state index in [1.54, 1.807) is 18.2 Å². The lowest BCUT2D eigenvalue weighted by molar-refractivity contribution is -0.124. The maximum atomic E-state index is 12.1. The largest absolute Gasteiger partial charge is 0.329 e. The van der Waals surface area contributed by atoms with Gasteiger partial charge in [0.15, 0.2) is 0 Å². The first-order valence-corrected chi connectivity index (χ1v) is 6.57. The highest BCUT2D eigenvalue weighted by molar-refractivity contribution is 9.10. The van der Waals surface area contributed by atoms with Crippen molar-refractivity contribution in [2.24, 2.45) is 11.1 Å². The van der Waals surface area contributed by atoms with Crippen molar-refractivity contribution in [1.82, 2.24) is 0 Å². The van der Waals surface area contributed by atoms with Crippen molar-refractivity contribution in [3.05, 3.63) is 27.7 Å². The Bertz CT molecular complexity index is 419. The van der Waals surface area contributed by atoms with Crippen LogP contribution in [0.2, 0.25) is 5.02 Å². The van der Waals surface area contributed by atoms with E-state index in [0.717, 1.165) is 0 Å². The van der Waals surface area contributed by atoms with Gasteiger partial charge in [0, 0.05) is 6.54 Å². The molecule has 1 amide bonds. The van der Waals surface area contributed by atoms with Gasteiger partial charge in [-0.25, -0.2) is 0 Å². The van der Waals surface area contributed by atoms with Crippen LogP contribution in [0.1, 0.15) is 20.3 Å². The van der Waals surface area contributed by atoms with E-state index in [9.17, 15) is 4.79 Å². The van der Waals surface area contributed by atoms with Crippen molar-refractivity contribution >= 4 is 39.1 Å². The smallest absolute Gasteiger partial charge is 0.231 e. The maximum absolute atomic E-state index is 12.1. The number of carbonyl (C=O) groups is 1. The first-order chi connectivity index (χ1) is 7.94. The predicted molar refractivity (Wildman–Crippen MR) is 75.2 cm³/mol. The lowest BCUT2D eigenvalue weighted by Gasteiger charge is -2.25. The van der Waals surface area contributed by atoms with Gasteiger partial charge in [0.1, 0.15) is 0 Å². The van der Waals surface area contributed by atoms with E-state index in [2.05, 4.69) is 21.2 Å². The summed E-state index contributed by atoms with van der Waals surface area (Å²) in [6, 6.07) is 5.33. The molecule has 0 aliphatic rings. The Morgan fingerprint density at radius 1 is 1.59 bits per heavy atom. The quantitative estimate of drug-likeness (QED) is 0.893. The van der Waals surface area contributed by atoms with Crippen LogP contribution in [0, 0.1) is 5.41 Å². The summed E-state index contributed by atoms with van der Waals surface area (Å²) in [5, 5.41) is 3.41. The number of nitrogens with two attached hydrogens (primary N) is 1. The minimum atomic E-state index is -0.554. The lowest BCUT2D eigenvalue weighted by atomic mass is 9.86. The molecule has 0 fully saturated rings. The van der Waals surface area contributed by atoms with E-state index in [-0.39, 0.29) is 5.91 Å². The van der Waals surface area contributed by atoms with Gasteiger partial charge < -0.3 is 11.1 Å². The molecule has 3 N–H and O–H groups in total. The SMILES string of the molecule is CCC(C)(CN)C(=O)Nc1cccc(Cl)c1Br. The van der Waals surface area contributed by atoms with E-state index in [4.69, 9.17) is 17.3 Å². The van der Waals surface area contributed by atoms with Gasteiger partial charge in [-0.15, -0.1) is 0 Å². The Labute approximate surface area is 115 Å². The number of amides is 1. The van der Waals surface area contributed by atoms with Crippen LogP contribution in [-0.4, -0.2) is 12.5 Å². The van der Waals surface area contributed by atoms with E-state index in [1.807, 2.05) is 13.8 Å². The minimum Gasteiger partial charge on any atom is -0.329 e. The predicted octanol–water partition coefficient (Wildman–Crippen LogP) is 3.42. The Morgan fingerprint density at radius 3 is 2.76 bits per heavy atom. The summed E-state index contributed by atoms with van der Waals surface area (Å²) in [5.41, 5.74) is 5.75.